The van der Waals surface area contributed by atoms with Crippen molar-refractivity contribution in [1.29, 1.82) is 0 Å². The topological polar surface area (TPSA) is 9.23 Å². The van der Waals surface area contributed by atoms with Gasteiger partial charge in [-0.15, -0.1) is 0 Å². The SMILES string of the molecule is CC(C)(C)O/C(=C/[Si](C)(C)C(C)(C)C)c1ccccc1. The van der Waals surface area contributed by atoms with Gasteiger partial charge in [0.2, 0.25) is 0 Å². The van der Waals surface area contributed by atoms with E-state index in [0.29, 0.717) is 5.04 Å². The van der Waals surface area contributed by atoms with Gasteiger partial charge in [-0.25, -0.2) is 0 Å². The Kier molecular flexibility index (Phi) is 4.91. The van der Waals surface area contributed by atoms with Gasteiger partial charge in [0.05, 0.1) is 8.07 Å². The molecule has 0 aromatic heterocycles. The second kappa shape index (κ2) is 5.77. The van der Waals surface area contributed by atoms with Crippen LogP contribution >= 0.6 is 0 Å². The van der Waals surface area contributed by atoms with Gasteiger partial charge < -0.3 is 4.74 Å². The minimum atomic E-state index is -1.54. The van der Waals surface area contributed by atoms with Gasteiger partial charge in [-0.2, -0.15) is 0 Å². The molecular formula is C18H30OSi. The van der Waals surface area contributed by atoms with Gasteiger partial charge in [-0.05, 0) is 25.8 Å². The van der Waals surface area contributed by atoms with Crippen molar-refractivity contribution in [2.75, 3.05) is 0 Å². The summed E-state index contributed by atoms with van der Waals surface area (Å²) in [4.78, 5) is 0. The highest BCUT2D eigenvalue weighted by Gasteiger charge is 2.34. The number of rotatable bonds is 3. The number of hydrogen-bond acceptors (Lipinski definition) is 1. The largest absolute Gasteiger partial charge is 0.488 e. The van der Waals surface area contributed by atoms with Crippen LogP contribution in [0.2, 0.25) is 18.1 Å². The Morgan fingerprint density at radius 1 is 0.950 bits per heavy atom. The molecule has 0 fully saturated rings. The van der Waals surface area contributed by atoms with E-state index in [2.05, 4.69) is 84.6 Å². The van der Waals surface area contributed by atoms with E-state index in [-0.39, 0.29) is 5.60 Å². The zero-order chi connectivity index (χ0) is 15.6. The molecule has 0 bridgehead atoms. The predicted octanol–water partition coefficient (Wildman–Crippen LogP) is 5.89. The van der Waals surface area contributed by atoms with Gasteiger partial charge in [0, 0.05) is 5.56 Å². The summed E-state index contributed by atoms with van der Waals surface area (Å²) in [6.07, 6.45) is 0. The van der Waals surface area contributed by atoms with Crippen molar-refractivity contribution < 1.29 is 4.74 Å². The molecule has 1 nitrogen and oxygen atoms in total. The molecule has 0 saturated carbocycles. The first kappa shape index (κ1) is 17.0. The Labute approximate surface area is 126 Å². The van der Waals surface area contributed by atoms with Crippen molar-refractivity contribution in [3.05, 3.63) is 41.6 Å². The molecule has 0 N–H and O–H groups in total. The summed E-state index contributed by atoms with van der Waals surface area (Å²) >= 11 is 0. The zero-order valence-corrected chi connectivity index (χ0v) is 15.4. The minimum absolute atomic E-state index is 0.177. The molecule has 0 amide bonds. The average Bonchev–Trinajstić information content (AvgIpc) is 2.25. The minimum Gasteiger partial charge on any atom is -0.488 e. The van der Waals surface area contributed by atoms with E-state index in [9.17, 15) is 0 Å². The highest BCUT2D eigenvalue weighted by atomic mass is 28.3. The lowest BCUT2D eigenvalue weighted by Crippen LogP contribution is -2.36. The van der Waals surface area contributed by atoms with E-state index in [4.69, 9.17) is 4.74 Å². The molecule has 0 aliphatic heterocycles. The third-order valence-corrected chi connectivity index (χ3v) is 8.75. The first-order chi connectivity index (χ1) is 8.92. The normalized spacial score (nSPS) is 14.3. The Balaban J connectivity index is 3.25. The maximum Gasteiger partial charge on any atom is 0.119 e. The smallest absolute Gasteiger partial charge is 0.119 e. The number of benzene rings is 1. The Hall–Kier alpha value is -1.02. The monoisotopic (exact) mass is 290 g/mol. The lowest BCUT2D eigenvalue weighted by Gasteiger charge is -2.35. The fourth-order valence-corrected chi connectivity index (χ4v) is 2.96. The van der Waals surface area contributed by atoms with Crippen molar-refractivity contribution >= 4 is 13.8 Å². The van der Waals surface area contributed by atoms with Crippen LogP contribution in [0.1, 0.15) is 47.1 Å². The molecule has 1 aromatic carbocycles. The highest BCUT2D eigenvalue weighted by Crippen LogP contribution is 2.39. The van der Waals surface area contributed by atoms with Gasteiger partial charge in [-0.1, -0.05) is 69.9 Å². The molecule has 1 rings (SSSR count). The Morgan fingerprint density at radius 2 is 1.45 bits per heavy atom. The van der Waals surface area contributed by atoms with E-state index in [1.165, 1.54) is 5.56 Å². The molecular weight excluding hydrogens is 260 g/mol. The van der Waals surface area contributed by atoms with E-state index in [1.807, 2.05) is 6.07 Å². The molecule has 0 spiro atoms. The van der Waals surface area contributed by atoms with Crippen LogP contribution < -0.4 is 0 Å². The highest BCUT2D eigenvalue weighted by molar-refractivity contribution is 6.85. The average molecular weight is 291 g/mol. The summed E-state index contributed by atoms with van der Waals surface area (Å²) in [5.74, 6) is 1.03. The zero-order valence-electron chi connectivity index (χ0n) is 14.4. The van der Waals surface area contributed by atoms with Crippen molar-refractivity contribution in [2.45, 2.75) is 65.3 Å². The van der Waals surface area contributed by atoms with Crippen LogP contribution in [0, 0.1) is 0 Å². The Bertz CT molecular complexity index is 458. The molecule has 0 aliphatic rings. The van der Waals surface area contributed by atoms with E-state index in [0.717, 1.165) is 5.76 Å². The Morgan fingerprint density at radius 3 is 1.85 bits per heavy atom. The van der Waals surface area contributed by atoms with Crippen molar-refractivity contribution in [1.82, 2.24) is 0 Å². The van der Waals surface area contributed by atoms with Crippen LogP contribution in [0.5, 0.6) is 0 Å². The van der Waals surface area contributed by atoms with Crippen LogP contribution in [0.15, 0.2) is 36.0 Å². The van der Waals surface area contributed by atoms with Crippen LogP contribution in [-0.2, 0) is 4.74 Å². The van der Waals surface area contributed by atoms with Gasteiger partial charge in [-0.3, -0.25) is 0 Å². The lowest BCUT2D eigenvalue weighted by molar-refractivity contribution is 0.0972. The molecule has 0 aliphatic carbocycles. The molecule has 1 aromatic rings. The van der Waals surface area contributed by atoms with E-state index in [1.54, 1.807) is 0 Å². The first-order valence-corrected chi connectivity index (χ1v) is 10.5. The quantitative estimate of drug-likeness (QED) is 0.498. The maximum absolute atomic E-state index is 6.25. The molecule has 112 valence electrons. The summed E-state index contributed by atoms with van der Waals surface area (Å²) in [6, 6.07) is 10.4. The third kappa shape index (κ3) is 4.82. The summed E-state index contributed by atoms with van der Waals surface area (Å²) in [5, 5.41) is 0.314. The molecule has 0 radical (unpaired) electrons. The van der Waals surface area contributed by atoms with Gasteiger partial charge >= 0.3 is 0 Å². The molecule has 0 heterocycles. The van der Waals surface area contributed by atoms with Gasteiger partial charge in [0.1, 0.15) is 11.4 Å². The van der Waals surface area contributed by atoms with Crippen LogP contribution in [0.4, 0.5) is 0 Å². The van der Waals surface area contributed by atoms with Crippen LogP contribution in [-0.4, -0.2) is 13.7 Å². The van der Waals surface area contributed by atoms with Gasteiger partial charge in [0.15, 0.2) is 0 Å². The fourth-order valence-electron chi connectivity index (χ4n) is 1.65. The summed E-state index contributed by atoms with van der Waals surface area (Å²) in [7, 11) is -1.54. The molecule has 0 saturated heterocycles. The van der Waals surface area contributed by atoms with E-state index >= 15 is 0 Å². The standard InChI is InChI=1S/C18H30OSi/c1-17(2,3)19-16(15-12-10-9-11-13-15)14-20(7,8)18(4,5)6/h9-14H,1-8H3/b16-14+. The molecule has 0 unspecified atom stereocenters. The fraction of sp³-hybridized carbons (Fsp3) is 0.556. The summed E-state index contributed by atoms with van der Waals surface area (Å²) < 4.78 is 6.25. The second-order valence-corrected chi connectivity index (χ2v) is 13.3. The second-order valence-electron chi connectivity index (χ2n) is 8.06. The first-order valence-electron chi connectivity index (χ1n) is 7.40. The van der Waals surface area contributed by atoms with Crippen molar-refractivity contribution in [2.24, 2.45) is 0 Å². The molecule has 0 atom stereocenters. The maximum atomic E-state index is 6.25. The van der Waals surface area contributed by atoms with Crippen LogP contribution in [0.3, 0.4) is 0 Å². The summed E-state index contributed by atoms with van der Waals surface area (Å²) in [5.41, 5.74) is 3.41. The van der Waals surface area contributed by atoms with Crippen molar-refractivity contribution in [3.8, 4) is 0 Å². The van der Waals surface area contributed by atoms with E-state index < -0.39 is 8.07 Å². The van der Waals surface area contributed by atoms with Gasteiger partial charge in [0.25, 0.3) is 0 Å². The summed E-state index contributed by atoms with van der Waals surface area (Å²) in [6.45, 7) is 18.1. The molecule has 2 heteroatoms. The molecule has 20 heavy (non-hydrogen) atoms. The number of ether oxygens (including phenoxy) is 1. The number of hydrogen-bond donors (Lipinski definition) is 0. The van der Waals surface area contributed by atoms with Crippen molar-refractivity contribution in [3.63, 3.8) is 0 Å². The third-order valence-electron chi connectivity index (χ3n) is 3.90. The van der Waals surface area contributed by atoms with Crippen LogP contribution in [0.25, 0.3) is 5.76 Å². The lowest BCUT2D eigenvalue weighted by atomic mass is 10.1. The predicted molar refractivity (Wildman–Crippen MR) is 92.5 cm³/mol.